The summed E-state index contributed by atoms with van der Waals surface area (Å²) >= 11 is 0. The van der Waals surface area contributed by atoms with Gasteiger partial charge in [0.05, 0.1) is 12.8 Å². The predicted molar refractivity (Wildman–Crippen MR) is 58.7 cm³/mol. The van der Waals surface area contributed by atoms with E-state index >= 15 is 0 Å². The lowest BCUT2D eigenvalue weighted by Gasteiger charge is -2.29. The SMILES string of the molecule is COc1ccccc1N1C[CH]CCC1. The summed E-state index contributed by atoms with van der Waals surface area (Å²) in [4.78, 5) is 2.36. The van der Waals surface area contributed by atoms with E-state index in [1.165, 1.54) is 18.5 Å². The van der Waals surface area contributed by atoms with Crippen molar-refractivity contribution in [1.29, 1.82) is 0 Å². The second kappa shape index (κ2) is 4.36. The van der Waals surface area contributed by atoms with Gasteiger partial charge in [0.2, 0.25) is 0 Å². The summed E-state index contributed by atoms with van der Waals surface area (Å²) in [6.07, 6.45) is 4.82. The van der Waals surface area contributed by atoms with Crippen LogP contribution >= 0.6 is 0 Å². The van der Waals surface area contributed by atoms with E-state index < -0.39 is 0 Å². The first kappa shape index (κ1) is 9.38. The van der Waals surface area contributed by atoms with Crippen LogP contribution in [-0.4, -0.2) is 20.2 Å². The molecule has 75 valence electrons. The lowest BCUT2D eigenvalue weighted by atomic mass is 10.1. The first-order valence-electron chi connectivity index (χ1n) is 5.11. The van der Waals surface area contributed by atoms with Crippen molar-refractivity contribution in [3.05, 3.63) is 30.7 Å². The molecule has 1 aromatic rings. The van der Waals surface area contributed by atoms with Crippen molar-refractivity contribution < 1.29 is 4.74 Å². The predicted octanol–water partition coefficient (Wildman–Crippen LogP) is 2.50. The third-order valence-corrected chi connectivity index (χ3v) is 2.61. The number of methoxy groups -OCH3 is 1. The van der Waals surface area contributed by atoms with Gasteiger partial charge in [-0.1, -0.05) is 12.1 Å². The van der Waals surface area contributed by atoms with Gasteiger partial charge >= 0.3 is 0 Å². The largest absolute Gasteiger partial charge is 0.495 e. The van der Waals surface area contributed by atoms with Crippen molar-refractivity contribution in [3.8, 4) is 5.75 Å². The van der Waals surface area contributed by atoms with Gasteiger partial charge < -0.3 is 9.64 Å². The number of benzene rings is 1. The number of hydrogen-bond donors (Lipinski definition) is 0. The maximum absolute atomic E-state index is 5.34. The van der Waals surface area contributed by atoms with Crippen molar-refractivity contribution in [3.63, 3.8) is 0 Å². The lowest BCUT2D eigenvalue weighted by molar-refractivity contribution is 0.414. The van der Waals surface area contributed by atoms with Crippen LogP contribution in [0.5, 0.6) is 5.75 Å². The number of ether oxygens (including phenoxy) is 1. The number of para-hydroxylation sites is 2. The molecule has 1 aromatic carbocycles. The molecule has 2 rings (SSSR count). The van der Waals surface area contributed by atoms with Crippen LogP contribution in [0.4, 0.5) is 5.69 Å². The number of rotatable bonds is 2. The highest BCUT2D eigenvalue weighted by Crippen LogP contribution is 2.29. The Labute approximate surface area is 85.5 Å². The van der Waals surface area contributed by atoms with Gasteiger partial charge in [-0.15, -0.1) is 0 Å². The van der Waals surface area contributed by atoms with Gasteiger partial charge in [-0.2, -0.15) is 0 Å². The first-order chi connectivity index (χ1) is 6.92. The van der Waals surface area contributed by atoms with Gasteiger partial charge in [-0.3, -0.25) is 0 Å². The normalized spacial score (nSPS) is 16.8. The van der Waals surface area contributed by atoms with Crippen LogP contribution in [-0.2, 0) is 0 Å². The van der Waals surface area contributed by atoms with Crippen molar-refractivity contribution >= 4 is 5.69 Å². The molecule has 0 bridgehead atoms. The third kappa shape index (κ3) is 1.84. The van der Waals surface area contributed by atoms with E-state index in [9.17, 15) is 0 Å². The molecule has 1 aliphatic rings. The molecule has 1 saturated heterocycles. The molecule has 0 N–H and O–H groups in total. The van der Waals surface area contributed by atoms with E-state index in [2.05, 4.69) is 23.5 Å². The van der Waals surface area contributed by atoms with E-state index in [4.69, 9.17) is 4.74 Å². The second-order valence-electron chi connectivity index (χ2n) is 3.55. The highest BCUT2D eigenvalue weighted by Gasteiger charge is 2.13. The van der Waals surface area contributed by atoms with Gasteiger partial charge in [-0.05, 0) is 31.4 Å². The molecule has 0 spiro atoms. The molecule has 1 radical (unpaired) electrons. The number of anilines is 1. The monoisotopic (exact) mass is 190 g/mol. The van der Waals surface area contributed by atoms with E-state index in [1.807, 2.05) is 12.1 Å². The van der Waals surface area contributed by atoms with Gasteiger partial charge in [0.1, 0.15) is 5.75 Å². The molecular formula is C12H16NO. The highest BCUT2D eigenvalue weighted by atomic mass is 16.5. The molecule has 1 aliphatic heterocycles. The van der Waals surface area contributed by atoms with Crippen LogP contribution in [0.1, 0.15) is 12.8 Å². The summed E-state index contributed by atoms with van der Waals surface area (Å²) in [7, 11) is 1.73. The second-order valence-corrected chi connectivity index (χ2v) is 3.55. The molecule has 0 amide bonds. The van der Waals surface area contributed by atoms with Gasteiger partial charge in [0.25, 0.3) is 0 Å². The maximum Gasteiger partial charge on any atom is 0.142 e. The Morgan fingerprint density at radius 2 is 2.14 bits per heavy atom. The molecular weight excluding hydrogens is 174 g/mol. The zero-order valence-corrected chi connectivity index (χ0v) is 8.57. The zero-order valence-electron chi connectivity index (χ0n) is 8.57. The Hall–Kier alpha value is -1.18. The zero-order chi connectivity index (χ0) is 9.80. The summed E-state index contributed by atoms with van der Waals surface area (Å²) in [5.74, 6) is 0.975. The summed E-state index contributed by atoms with van der Waals surface area (Å²) in [5, 5.41) is 0. The summed E-state index contributed by atoms with van der Waals surface area (Å²) in [5.41, 5.74) is 1.21. The number of hydrogen-bond acceptors (Lipinski definition) is 2. The number of nitrogens with zero attached hydrogens (tertiary/aromatic N) is 1. The van der Waals surface area contributed by atoms with Crippen LogP contribution in [0.2, 0.25) is 0 Å². The van der Waals surface area contributed by atoms with Crippen LogP contribution < -0.4 is 9.64 Å². The fourth-order valence-electron chi connectivity index (χ4n) is 1.87. The van der Waals surface area contributed by atoms with Crippen molar-refractivity contribution in [2.24, 2.45) is 0 Å². The third-order valence-electron chi connectivity index (χ3n) is 2.61. The Kier molecular flexibility index (Phi) is 2.92. The molecule has 0 aliphatic carbocycles. The minimum absolute atomic E-state index is 0.975. The molecule has 14 heavy (non-hydrogen) atoms. The Bertz CT molecular complexity index is 292. The maximum atomic E-state index is 5.34. The van der Waals surface area contributed by atoms with E-state index in [1.54, 1.807) is 7.11 Å². The van der Waals surface area contributed by atoms with Gasteiger partial charge in [0.15, 0.2) is 0 Å². The van der Waals surface area contributed by atoms with Crippen molar-refractivity contribution in [1.82, 2.24) is 0 Å². The van der Waals surface area contributed by atoms with Crippen molar-refractivity contribution in [2.45, 2.75) is 12.8 Å². The van der Waals surface area contributed by atoms with E-state index in [-0.39, 0.29) is 0 Å². The molecule has 0 atom stereocenters. The fourth-order valence-corrected chi connectivity index (χ4v) is 1.87. The fraction of sp³-hybridized carbons (Fsp3) is 0.417. The quantitative estimate of drug-likeness (QED) is 0.710. The molecule has 0 saturated carbocycles. The molecule has 2 heteroatoms. The summed E-state index contributed by atoms with van der Waals surface area (Å²) in [6, 6.07) is 8.21. The summed E-state index contributed by atoms with van der Waals surface area (Å²) < 4.78 is 5.34. The molecule has 0 aromatic heterocycles. The first-order valence-corrected chi connectivity index (χ1v) is 5.11. The Morgan fingerprint density at radius 3 is 2.86 bits per heavy atom. The average molecular weight is 190 g/mol. The van der Waals surface area contributed by atoms with Crippen LogP contribution in [0.25, 0.3) is 0 Å². The molecule has 2 nitrogen and oxygen atoms in total. The van der Waals surface area contributed by atoms with Crippen LogP contribution in [0.15, 0.2) is 24.3 Å². The van der Waals surface area contributed by atoms with Crippen LogP contribution in [0.3, 0.4) is 0 Å². The van der Waals surface area contributed by atoms with E-state index in [0.29, 0.717) is 0 Å². The van der Waals surface area contributed by atoms with Gasteiger partial charge in [-0.25, -0.2) is 0 Å². The molecule has 0 unspecified atom stereocenters. The highest BCUT2D eigenvalue weighted by molar-refractivity contribution is 5.58. The smallest absolute Gasteiger partial charge is 0.142 e. The lowest BCUT2D eigenvalue weighted by Crippen LogP contribution is -2.30. The van der Waals surface area contributed by atoms with Gasteiger partial charge in [0, 0.05) is 13.1 Å². The molecule has 1 fully saturated rings. The van der Waals surface area contributed by atoms with Crippen molar-refractivity contribution in [2.75, 3.05) is 25.1 Å². The minimum atomic E-state index is 0.975. The molecule has 1 heterocycles. The minimum Gasteiger partial charge on any atom is -0.495 e. The van der Waals surface area contributed by atoms with E-state index in [0.717, 1.165) is 18.8 Å². The standard InChI is InChI=1S/C12H16NO/c1-14-12-8-4-3-7-11(12)13-9-5-2-6-10-13/h3-5,7-8H,2,6,9-10H2,1H3. The average Bonchev–Trinajstić information content (AvgIpc) is 2.30. The summed E-state index contributed by atoms with van der Waals surface area (Å²) in [6.45, 7) is 2.18. The Morgan fingerprint density at radius 1 is 1.29 bits per heavy atom. The number of piperidine rings is 1. The van der Waals surface area contributed by atoms with Crippen LogP contribution in [0, 0.1) is 6.42 Å². The topological polar surface area (TPSA) is 12.5 Å². The Balaban J connectivity index is 2.20.